The van der Waals surface area contributed by atoms with Gasteiger partial charge in [-0.25, -0.2) is 13.1 Å². The maximum atomic E-state index is 12.1. The first-order valence-electron chi connectivity index (χ1n) is 6.63. The van der Waals surface area contributed by atoms with Crippen LogP contribution in [0.2, 0.25) is 0 Å². The first-order chi connectivity index (χ1) is 10.4. The summed E-state index contributed by atoms with van der Waals surface area (Å²) in [5.74, 6) is 0.481. The van der Waals surface area contributed by atoms with Crippen molar-refractivity contribution in [2.45, 2.75) is 11.3 Å². The number of benzene rings is 1. The number of hydrogen-bond acceptors (Lipinski definition) is 6. The van der Waals surface area contributed by atoms with Crippen molar-refractivity contribution in [3.63, 3.8) is 0 Å². The average molecular weight is 368 g/mol. The molecule has 0 atom stereocenters. The fraction of sp³-hybridized carbons (Fsp3) is 0.462. The zero-order valence-electron chi connectivity index (χ0n) is 13.0. The first kappa shape index (κ1) is 21.4. The van der Waals surface area contributed by atoms with Gasteiger partial charge < -0.3 is 20.5 Å². The molecular formula is C13H22ClN3O5S. The molecule has 1 aromatic rings. The lowest BCUT2D eigenvalue weighted by Gasteiger charge is -2.11. The lowest BCUT2D eigenvalue weighted by molar-refractivity contribution is -0.120. The molecule has 0 aromatic heterocycles. The highest BCUT2D eigenvalue weighted by Gasteiger charge is 2.17. The van der Waals surface area contributed by atoms with Crippen molar-refractivity contribution in [3.8, 4) is 11.5 Å². The Kier molecular flexibility index (Phi) is 9.58. The summed E-state index contributed by atoms with van der Waals surface area (Å²) in [7, 11) is -0.842. The van der Waals surface area contributed by atoms with E-state index in [1.165, 1.54) is 32.4 Å². The largest absolute Gasteiger partial charge is 0.493 e. The Morgan fingerprint density at radius 2 is 1.83 bits per heavy atom. The van der Waals surface area contributed by atoms with Gasteiger partial charge in [-0.15, -0.1) is 12.4 Å². The van der Waals surface area contributed by atoms with E-state index in [4.69, 9.17) is 15.2 Å². The summed E-state index contributed by atoms with van der Waals surface area (Å²) in [6.07, 6.45) is 0.0342. The van der Waals surface area contributed by atoms with Gasteiger partial charge in [-0.2, -0.15) is 0 Å². The summed E-state index contributed by atoms with van der Waals surface area (Å²) in [4.78, 5) is 11.4. The van der Waals surface area contributed by atoms with E-state index < -0.39 is 10.0 Å². The molecular weight excluding hydrogens is 346 g/mol. The lowest BCUT2D eigenvalue weighted by Crippen LogP contribution is -2.33. The molecule has 0 spiro atoms. The molecule has 0 unspecified atom stereocenters. The van der Waals surface area contributed by atoms with Crippen molar-refractivity contribution < 1.29 is 22.7 Å². The fourth-order valence-corrected chi connectivity index (χ4v) is 2.71. The van der Waals surface area contributed by atoms with Crippen molar-refractivity contribution in [1.29, 1.82) is 0 Å². The van der Waals surface area contributed by atoms with Crippen LogP contribution in [0.3, 0.4) is 0 Å². The Hall–Kier alpha value is -1.55. The van der Waals surface area contributed by atoms with E-state index in [0.29, 0.717) is 24.6 Å². The smallest absolute Gasteiger partial charge is 0.240 e. The van der Waals surface area contributed by atoms with E-state index in [1.54, 1.807) is 0 Å². The van der Waals surface area contributed by atoms with Crippen molar-refractivity contribution in [3.05, 3.63) is 18.2 Å². The molecule has 0 saturated heterocycles. The quantitative estimate of drug-likeness (QED) is 0.559. The molecule has 4 N–H and O–H groups in total. The summed E-state index contributed by atoms with van der Waals surface area (Å²) < 4.78 is 36.7. The standard InChI is InChI=1S/C13H21N3O5S.ClH/c1-20-11-4-3-10(9-12(11)21-2)22(18,19)16-7-5-13(17)15-8-6-14;/h3-4,9,16H,5-8,14H2,1-2H3,(H,15,17);1H. The molecule has 0 saturated carbocycles. The second-order valence-electron chi connectivity index (χ2n) is 4.30. The van der Waals surface area contributed by atoms with E-state index in [1.807, 2.05) is 0 Å². The van der Waals surface area contributed by atoms with Gasteiger partial charge in [0.2, 0.25) is 15.9 Å². The van der Waals surface area contributed by atoms with E-state index in [0.717, 1.165) is 0 Å². The zero-order chi connectivity index (χ0) is 16.6. The number of methoxy groups -OCH3 is 2. The molecule has 0 aliphatic rings. The third kappa shape index (κ3) is 6.61. The Balaban J connectivity index is 0.00000484. The maximum Gasteiger partial charge on any atom is 0.240 e. The highest BCUT2D eigenvalue weighted by atomic mass is 35.5. The SMILES string of the molecule is COc1ccc(S(=O)(=O)NCCC(=O)NCCN)cc1OC.Cl. The first-order valence-corrected chi connectivity index (χ1v) is 8.11. The van der Waals surface area contributed by atoms with Crippen LogP contribution in [0, 0.1) is 0 Å². The summed E-state index contributed by atoms with van der Waals surface area (Å²) in [6, 6.07) is 4.26. The Bertz CT molecular complexity index is 610. The minimum absolute atomic E-state index is 0. The molecule has 0 aliphatic heterocycles. The second-order valence-corrected chi connectivity index (χ2v) is 6.07. The number of rotatable bonds is 9. The van der Waals surface area contributed by atoms with E-state index in [-0.39, 0.29) is 36.2 Å². The molecule has 1 amide bonds. The van der Waals surface area contributed by atoms with Crippen LogP contribution in [0.25, 0.3) is 0 Å². The van der Waals surface area contributed by atoms with Crippen molar-refractivity contribution >= 4 is 28.3 Å². The van der Waals surface area contributed by atoms with Gasteiger partial charge in [0.05, 0.1) is 19.1 Å². The minimum Gasteiger partial charge on any atom is -0.493 e. The Labute approximate surface area is 142 Å². The fourth-order valence-electron chi connectivity index (χ4n) is 1.67. The highest BCUT2D eigenvalue weighted by Crippen LogP contribution is 2.29. The molecule has 23 heavy (non-hydrogen) atoms. The summed E-state index contributed by atoms with van der Waals surface area (Å²) in [5.41, 5.74) is 5.25. The number of sulfonamides is 1. The summed E-state index contributed by atoms with van der Waals surface area (Å²) >= 11 is 0. The molecule has 0 radical (unpaired) electrons. The topological polar surface area (TPSA) is 120 Å². The number of nitrogens with two attached hydrogens (primary N) is 1. The van der Waals surface area contributed by atoms with Crippen LogP contribution in [0.1, 0.15) is 6.42 Å². The van der Waals surface area contributed by atoms with E-state index in [9.17, 15) is 13.2 Å². The number of hydrogen-bond donors (Lipinski definition) is 3. The molecule has 0 aliphatic carbocycles. The van der Waals surface area contributed by atoms with Gasteiger partial charge in [-0.3, -0.25) is 4.79 Å². The Morgan fingerprint density at radius 1 is 1.17 bits per heavy atom. The number of amides is 1. The van der Waals surface area contributed by atoms with Crippen LogP contribution in [0.15, 0.2) is 23.1 Å². The third-order valence-electron chi connectivity index (χ3n) is 2.78. The van der Waals surface area contributed by atoms with E-state index >= 15 is 0 Å². The van der Waals surface area contributed by atoms with Crippen LogP contribution >= 0.6 is 12.4 Å². The summed E-state index contributed by atoms with van der Waals surface area (Å²) in [5, 5.41) is 2.56. The molecule has 10 heteroatoms. The van der Waals surface area contributed by atoms with Gasteiger partial charge in [-0.05, 0) is 12.1 Å². The van der Waals surface area contributed by atoms with Crippen molar-refractivity contribution in [2.75, 3.05) is 33.9 Å². The summed E-state index contributed by atoms with van der Waals surface area (Å²) in [6.45, 7) is 0.692. The third-order valence-corrected chi connectivity index (χ3v) is 4.23. The van der Waals surface area contributed by atoms with E-state index in [2.05, 4.69) is 10.0 Å². The van der Waals surface area contributed by atoms with Crippen LogP contribution in [-0.4, -0.2) is 48.2 Å². The average Bonchev–Trinajstić information content (AvgIpc) is 2.51. The van der Waals surface area contributed by atoms with Crippen LogP contribution in [0.5, 0.6) is 11.5 Å². The zero-order valence-corrected chi connectivity index (χ0v) is 14.6. The molecule has 1 rings (SSSR count). The van der Waals surface area contributed by atoms with Gasteiger partial charge in [-0.1, -0.05) is 0 Å². The predicted molar refractivity (Wildman–Crippen MR) is 88.7 cm³/mol. The van der Waals surface area contributed by atoms with Crippen molar-refractivity contribution in [1.82, 2.24) is 10.0 Å². The van der Waals surface area contributed by atoms with Gasteiger partial charge in [0.1, 0.15) is 0 Å². The van der Waals surface area contributed by atoms with Crippen LogP contribution in [0.4, 0.5) is 0 Å². The number of ether oxygens (including phenoxy) is 2. The number of carbonyl (C=O) groups is 1. The van der Waals surface area contributed by atoms with Gasteiger partial charge in [0.25, 0.3) is 0 Å². The van der Waals surface area contributed by atoms with Crippen molar-refractivity contribution in [2.24, 2.45) is 5.73 Å². The van der Waals surface area contributed by atoms with Gasteiger partial charge in [0, 0.05) is 32.1 Å². The molecule has 1 aromatic carbocycles. The number of carbonyl (C=O) groups excluding carboxylic acids is 1. The monoisotopic (exact) mass is 367 g/mol. The maximum absolute atomic E-state index is 12.1. The highest BCUT2D eigenvalue weighted by molar-refractivity contribution is 7.89. The number of halogens is 1. The molecule has 0 fully saturated rings. The minimum atomic E-state index is -3.72. The predicted octanol–water partition coefficient (Wildman–Crippen LogP) is -0.131. The van der Waals surface area contributed by atoms with Gasteiger partial charge in [0.15, 0.2) is 11.5 Å². The van der Waals surface area contributed by atoms with Gasteiger partial charge >= 0.3 is 0 Å². The number of nitrogens with one attached hydrogen (secondary N) is 2. The second kappa shape index (κ2) is 10.3. The normalized spacial score (nSPS) is 10.6. The lowest BCUT2D eigenvalue weighted by atomic mass is 10.3. The molecule has 8 nitrogen and oxygen atoms in total. The molecule has 0 heterocycles. The Morgan fingerprint density at radius 3 is 2.39 bits per heavy atom. The van der Waals surface area contributed by atoms with Crippen LogP contribution in [-0.2, 0) is 14.8 Å². The molecule has 132 valence electrons. The van der Waals surface area contributed by atoms with Crippen LogP contribution < -0.4 is 25.2 Å². The molecule has 0 bridgehead atoms.